The average Bonchev–Trinajstić information content (AvgIpc) is 3.13. The molecule has 3 rings (SSSR count). The highest BCUT2D eigenvalue weighted by molar-refractivity contribution is 6.05. The number of carbonyl (C=O) groups is 2. The molecule has 0 aliphatic heterocycles. The minimum absolute atomic E-state index is 0.157. The first-order valence-corrected chi connectivity index (χ1v) is 7.68. The molecule has 2 aromatic carbocycles. The highest BCUT2D eigenvalue weighted by Crippen LogP contribution is 2.24. The summed E-state index contributed by atoms with van der Waals surface area (Å²) in [5.74, 6) is -0.386. The lowest BCUT2D eigenvalue weighted by Crippen LogP contribution is -2.14. The zero-order chi connectivity index (χ0) is 17.8. The summed E-state index contributed by atoms with van der Waals surface area (Å²) < 4.78 is 1.61. The minimum atomic E-state index is -0.229. The number of benzene rings is 2. The molecule has 0 radical (unpaired) electrons. The van der Waals surface area contributed by atoms with Crippen molar-refractivity contribution in [3.63, 3.8) is 0 Å². The topological polar surface area (TPSA) is 88.9 Å². The fourth-order valence-electron chi connectivity index (χ4n) is 2.40. The van der Waals surface area contributed by atoms with Gasteiger partial charge in [0, 0.05) is 23.9 Å². The number of carbonyl (C=O) groups excluding carboxylic acids is 2. The van der Waals surface area contributed by atoms with Crippen molar-refractivity contribution in [3.8, 4) is 5.69 Å². The monoisotopic (exact) mass is 335 g/mol. The number of anilines is 2. The number of nitrogens with zero attached hydrogens (tertiary/aromatic N) is 3. The van der Waals surface area contributed by atoms with Gasteiger partial charge < -0.3 is 10.6 Å². The maximum absolute atomic E-state index is 12.5. The Hall–Kier alpha value is -3.48. The van der Waals surface area contributed by atoms with E-state index in [-0.39, 0.29) is 11.8 Å². The first kappa shape index (κ1) is 16.4. The second-order valence-corrected chi connectivity index (χ2v) is 5.50. The van der Waals surface area contributed by atoms with E-state index < -0.39 is 0 Å². The standard InChI is InChI=1S/C18H17N5O2/c1-12-16(21-13(2)24)4-3-5-17(12)22-18(25)14-6-8-15(9-7-14)23-11-19-10-20-23/h3-11H,1-2H3,(H,21,24)(H,22,25). The van der Waals surface area contributed by atoms with E-state index in [2.05, 4.69) is 20.7 Å². The van der Waals surface area contributed by atoms with E-state index in [0.717, 1.165) is 11.3 Å². The van der Waals surface area contributed by atoms with E-state index in [1.54, 1.807) is 53.5 Å². The SMILES string of the molecule is CC(=O)Nc1cccc(NC(=O)c2ccc(-n3cncn3)cc2)c1C. The van der Waals surface area contributed by atoms with Gasteiger partial charge in [0.05, 0.1) is 5.69 Å². The maximum atomic E-state index is 12.5. The van der Waals surface area contributed by atoms with Crippen molar-refractivity contribution in [3.05, 3.63) is 66.2 Å². The van der Waals surface area contributed by atoms with E-state index in [4.69, 9.17) is 0 Å². The summed E-state index contributed by atoms with van der Waals surface area (Å²) in [4.78, 5) is 27.6. The molecule has 0 unspecified atom stereocenters. The lowest BCUT2D eigenvalue weighted by Gasteiger charge is -2.13. The Morgan fingerprint density at radius 2 is 1.68 bits per heavy atom. The molecular weight excluding hydrogens is 318 g/mol. The summed E-state index contributed by atoms with van der Waals surface area (Å²) in [6.07, 6.45) is 3.04. The van der Waals surface area contributed by atoms with Gasteiger partial charge in [-0.1, -0.05) is 6.07 Å². The minimum Gasteiger partial charge on any atom is -0.326 e. The van der Waals surface area contributed by atoms with E-state index in [9.17, 15) is 9.59 Å². The number of hydrogen-bond donors (Lipinski definition) is 2. The van der Waals surface area contributed by atoms with Crippen LogP contribution in [0.1, 0.15) is 22.8 Å². The zero-order valence-electron chi connectivity index (χ0n) is 13.9. The van der Waals surface area contributed by atoms with Crippen LogP contribution in [0.3, 0.4) is 0 Å². The van der Waals surface area contributed by atoms with Crippen molar-refractivity contribution in [1.82, 2.24) is 14.8 Å². The summed E-state index contributed by atoms with van der Waals surface area (Å²) in [7, 11) is 0. The van der Waals surface area contributed by atoms with Gasteiger partial charge >= 0.3 is 0 Å². The van der Waals surface area contributed by atoms with Gasteiger partial charge in [0.15, 0.2) is 0 Å². The Morgan fingerprint density at radius 1 is 1.00 bits per heavy atom. The number of hydrogen-bond acceptors (Lipinski definition) is 4. The van der Waals surface area contributed by atoms with Crippen LogP contribution in [-0.4, -0.2) is 26.6 Å². The van der Waals surface area contributed by atoms with Gasteiger partial charge in [0.1, 0.15) is 12.7 Å². The second kappa shape index (κ2) is 6.96. The molecule has 0 bridgehead atoms. The van der Waals surface area contributed by atoms with E-state index in [1.165, 1.54) is 13.3 Å². The normalized spacial score (nSPS) is 10.3. The smallest absolute Gasteiger partial charge is 0.255 e. The van der Waals surface area contributed by atoms with Crippen molar-refractivity contribution in [2.75, 3.05) is 10.6 Å². The van der Waals surface area contributed by atoms with Crippen LogP contribution in [0.5, 0.6) is 0 Å². The molecule has 25 heavy (non-hydrogen) atoms. The molecule has 0 atom stereocenters. The Labute approximate surface area is 144 Å². The second-order valence-electron chi connectivity index (χ2n) is 5.50. The van der Waals surface area contributed by atoms with Crippen LogP contribution < -0.4 is 10.6 Å². The van der Waals surface area contributed by atoms with Crippen molar-refractivity contribution in [1.29, 1.82) is 0 Å². The van der Waals surface area contributed by atoms with Gasteiger partial charge in [-0.3, -0.25) is 9.59 Å². The van der Waals surface area contributed by atoms with Crippen LogP contribution >= 0.6 is 0 Å². The fourth-order valence-corrected chi connectivity index (χ4v) is 2.40. The lowest BCUT2D eigenvalue weighted by atomic mass is 10.1. The van der Waals surface area contributed by atoms with Crippen molar-refractivity contribution in [2.24, 2.45) is 0 Å². The van der Waals surface area contributed by atoms with E-state index in [1.807, 2.05) is 6.92 Å². The zero-order valence-corrected chi connectivity index (χ0v) is 13.9. The molecule has 1 heterocycles. The molecule has 3 aromatic rings. The summed E-state index contributed by atoms with van der Waals surface area (Å²) in [6, 6.07) is 12.4. The molecule has 0 spiro atoms. The number of aromatic nitrogens is 3. The predicted molar refractivity (Wildman–Crippen MR) is 94.8 cm³/mol. The molecule has 0 aliphatic rings. The summed E-state index contributed by atoms with van der Waals surface area (Å²) in [5, 5.41) is 9.66. The molecule has 7 nitrogen and oxygen atoms in total. The Kier molecular flexibility index (Phi) is 4.56. The molecule has 126 valence electrons. The molecule has 0 fully saturated rings. The molecule has 0 saturated carbocycles. The number of nitrogens with one attached hydrogen (secondary N) is 2. The summed E-state index contributed by atoms with van der Waals surface area (Å²) >= 11 is 0. The number of amides is 2. The van der Waals surface area contributed by atoms with Gasteiger partial charge in [-0.2, -0.15) is 5.10 Å². The quantitative estimate of drug-likeness (QED) is 0.767. The molecule has 0 aliphatic carbocycles. The number of rotatable bonds is 4. The third-order valence-corrected chi connectivity index (χ3v) is 3.71. The first-order chi connectivity index (χ1) is 12.0. The van der Waals surface area contributed by atoms with Crippen molar-refractivity contribution in [2.45, 2.75) is 13.8 Å². The fraction of sp³-hybridized carbons (Fsp3) is 0.111. The largest absolute Gasteiger partial charge is 0.326 e. The van der Waals surface area contributed by atoms with Crippen LogP contribution in [0, 0.1) is 6.92 Å². The van der Waals surface area contributed by atoms with Crippen molar-refractivity contribution >= 4 is 23.2 Å². The van der Waals surface area contributed by atoms with Crippen LogP contribution in [0.4, 0.5) is 11.4 Å². The third kappa shape index (κ3) is 3.72. The Balaban J connectivity index is 1.77. The lowest BCUT2D eigenvalue weighted by molar-refractivity contribution is -0.114. The van der Waals surface area contributed by atoms with Gasteiger partial charge in [-0.05, 0) is 48.9 Å². The molecular formula is C18H17N5O2. The van der Waals surface area contributed by atoms with Gasteiger partial charge in [0.2, 0.25) is 5.91 Å². The molecule has 0 saturated heterocycles. The third-order valence-electron chi connectivity index (χ3n) is 3.71. The first-order valence-electron chi connectivity index (χ1n) is 7.68. The highest BCUT2D eigenvalue weighted by atomic mass is 16.2. The van der Waals surface area contributed by atoms with Gasteiger partial charge in [-0.25, -0.2) is 9.67 Å². The van der Waals surface area contributed by atoms with Crippen LogP contribution in [0.2, 0.25) is 0 Å². The van der Waals surface area contributed by atoms with Crippen LogP contribution in [0.15, 0.2) is 55.1 Å². The predicted octanol–water partition coefficient (Wildman–Crippen LogP) is 2.79. The molecule has 2 N–H and O–H groups in total. The molecule has 1 aromatic heterocycles. The summed E-state index contributed by atoms with van der Waals surface area (Å²) in [6.45, 7) is 3.29. The van der Waals surface area contributed by atoms with Crippen LogP contribution in [-0.2, 0) is 4.79 Å². The maximum Gasteiger partial charge on any atom is 0.255 e. The van der Waals surface area contributed by atoms with E-state index >= 15 is 0 Å². The Morgan fingerprint density at radius 3 is 2.28 bits per heavy atom. The Bertz CT molecular complexity index is 902. The average molecular weight is 335 g/mol. The van der Waals surface area contributed by atoms with E-state index in [0.29, 0.717) is 16.9 Å². The van der Waals surface area contributed by atoms with Crippen LogP contribution in [0.25, 0.3) is 5.69 Å². The molecule has 2 amide bonds. The summed E-state index contributed by atoms with van der Waals surface area (Å²) in [5.41, 5.74) is 3.46. The molecule has 7 heteroatoms. The van der Waals surface area contributed by atoms with Gasteiger partial charge in [0.25, 0.3) is 5.91 Å². The highest BCUT2D eigenvalue weighted by Gasteiger charge is 2.10. The van der Waals surface area contributed by atoms with Gasteiger partial charge in [-0.15, -0.1) is 0 Å². The van der Waals surface area contributed by atoms with Crippen molar-refractivity contribution < 1.29 is 9.59 Å².